The van der Waals surface area contributed by atoms with Crippen LogP contribution >= 0.6 is 0 Å². The van der Waals surface area contributed by atoms with Gasteiger partial charge in [0.05, 0.1) is 37.7 Å². The number of aliphatic hydroxyl groups excluding tert-OH is 3. The number of nitrogens with two attached hydrogens (primary N) is 7. The van der Waals surface area contributed by atoms with Crippen molar-refractivity contribution in [2.75, 3.05) is 13.2 Å². The molecular formula is C41H71N17O18. The zero-order chi connectivity index (χ0) is 58.7. The Morgan fingerprint density at radius 3 is 1.22 bits per heavy atom. The zero-order valence-corrected chi connectivity index (χ0v) is 42.0. The van der Waals surface area contributed by atoms with E-state index in [1.807, 2.05) is 0 Å². The normalized spacial score (nSPS) is 15.6. The first-order chi connectivity index (χ1) is 35.2. The predicted octanol–water partition coefficient (Wildman–Crippen LogP) is -12.1. The van der Waals surface area contributed by atoms with Crippen LogP contribution in [0.5, 0.6) is 0 Å². The predicted molar refractivity (Wildman–Crippen MR) is 259 cm³/mol. The van der Waals surface area contributed by atoms with Crippen molar-refractivity contribution in [3.63, 3.8) is 0 Å². The van der Waals surface area contributed by atoms with Gasteiger partial charge in [-0.1, -0.05) is 0 Å². The average molecular weight is 1090 g/mol. The fourth-order valence-corrected chi connectivity index (χ4v) is 6.22. The molecule has 0 saturated carbocycles. The van der Waals surface area contributed by atoms with E-state index in [-0.39, 0.29) is 38.2 Å². The summed E-state index contributed by atoms with van der Waals surface area (Å²) in [5.41, 5.74) is 37.2. The van der Waals surface area contributed by atoms with Crippen molar-refractivity contribution in [1.29, 1.82) is 0 Å². The molecule has 0 aliphatic heterocycles. The Balaban J connectivity index is 6.36. The van der Waals surface area contributed by atoms with E-state index in [4.69, 9.17) is 40.1 Å². The smallest absolute Gasteiger partial charge is 0.325 e. The molecule has 0 spiro atoms. The molecule has 12 atom stereocenters. The van der Waals surface area contributed by atoms with E-state index in [0.29, 0.717) is 0 Å². The van der Waals surface area contributed by atoms with Gasteiger partial charge in [-0.3, -0.25) is 72.1 Å². The number of primary amides is 4. The quantitative estimate of drug-likeness (QED) is 0.0157. The van der Waals surface area contributed by atoms with Gasteiger partial charge in [-0.2, -0.15) is 0 Å². The van der Waals surface area contributed by atoms with Crippen LogP contribution in [0.25, 0.3) is 0 Å². The summed E-state index contributed by atoms with van der Waals surface area (Å²) < 4.78 is 0. The van der Waals surface area contributed by atoms with Crippen LogP contribution in [0, 0.1) is 0 Å². The van der Waals surface area contributed by atoms with Crippen LogP contribution in [0.3, 0.4) is 0 Å². The number of nitrogens with zero attached hydrogens (tertiary/aromatic N) is 1. The van der Waals surface area contributed by atoms with Crippen LogP contribution < -0.4 is 88.0 Å². The molecule has 0 aromatic heterocycles. The molecule has 0 unspecified atom stereocenters. The average Bonchev–Trinajstić information content (AvgIpc) is 3.31. The number of hydrogen-bond donors (Lipinski definition) is 20. The summed E-state index contributed by atoms with van der Waals surface area (Å²) in [6.07, 6.45) is -7.32. The number of aliphatic imine (C=N–C) groups is 1. The van der Waals surface area contributed by atoms with E-state index in [1.54, 1.807) is 0 Å². The molecule has 13 amide bonds. The summed E-state index contributed by atoms with van der Waals surface area (Å²) in [7, 11) is 0. The standard InChI is InChI=1S/C41H71N17O18/c1-15(50-34(69)21(8-10-26(44)63)53-38(73)30(18(4)61)58-37(72)24(14-59)56-32(67)19(42)7-9-25(43)62)31(66)57-29(17(3)60)39(74)55-23(13-28(46)65)36(71)54-22(12-27(45)64)35(70)52-20(6-5-11-49-41(47)48)33(68)51-16(2)40(75)76/h15-24,29-30,59-61H,5-14,42H2,1-4H3,(H2,43,62)(H2,44,63)(H2,45,64)(H2,46,65)(H,50,69)(H,51,68)(H,52,70)(H,53,73)(H,54,71)(H,55,74)(H,56,67)(H,57,66)(H,58,72)(H,75,76)(H4,47,48,49)/t15-,16-,17+,18+,19-,20-,21-,22-,23-,24-,29-,30-/m0/s1. The number of carbonyl (C=O) groups is 14. The second kappa shape index (κ2) is 33.5. The van der Waals surface area contributed by atoms with Crippen LogP contribution in [0.2, 0.25) is 0 Å². The van der Waals surface area contributed by atoms with Gasteiger partial charge in [0.25, 0.3) is 0 Å². The van der Waals surface area contributed by atoms with Crippen molar-refractivity contribution in [2.24, 2.45) is 45.1 Å². The molecule has 0 radical (unpaired) electrons. The van der Waals surface area contributed by atoms with E-state index >= 15 is 0 Å². The number of hydrogen-bond acceptors (Lipinski definition) is 19. The second-order valence-corrected chi connectivity index (χ2v) is 17.1. The Labute approximate surface area is 433 Å². The van der Waals surface area contributed by atoms with E-state index < -0.39 is 188 Å². The number of guanidine groups is 1. The minimum atomic E-state index is -2.02. The lowest BCUT2D eigenvalue weighted by molar-refractivity contribution is -0.142. The molecule has 35 heteroatoms. The van der Waals surface area contributed by atoms with Gasteiger partial charge in [0.1, 0.15) is 54.4 Å². The molecule has 0 aliphatic rings. The molecule has 0 saturated heterocycles. The molecular weight excluding hydrogens is 1020 g/mol. The Hall–Kier alpha value is -8.31. The first-order valence-electron chi connectivity index (χ1n) is 23.1. The Morgan fingerprint density at radius 1 is 0.434 bits per heavy atom. The largest absolute Gasteiger partial charge is 0.480 e. The van der Waals surface area contributed by atoms with Gasteiger partial charge in [-0.15, -0.1) is 0 Å². The van der Waals surface area contributed by atoms with Crippen molar-refractivity contribution in [1.82, 2.24) is 47.9 Å². The minimum absolute atomic E-state index is 0.0346. The number of carboxylic acids is 1. The molecule has 0 aliphatic carbocycles. The number of aliphatic hydroxyl groups is 3. The highest BCUT2D eigenvalue weighted by atomic mass is 16.4. The lowest BCUT2D eigenvalue weighted by Crippen LogP contribution is -2.62. The van der Waals surface area contributed by atoms with Gasteiger partial charge in [0.2, 0.25) is 76.8 Å². The van der Waals surface area contributed by atoms with Crippen LogP contribution in [0.4, 0.5) is 0 Å². The van der Waals surface area contributed by atoms with E-state index in [1.165, 1.54) is 0 Å². The molecule has 0 aromatic carbocycles. The molecule has 0 aromatic rings. The topological polar surface area (TPSA) is 623 Å². The number of aliphatic carboxylic acids is 1. The highest BCUT2D eigenvalue weighted by molar-refractivity contribution is 6.00. The maximum atomic E-state index is 13.6. The van der Waals surface area contributed by atoms with Crippen molar-refractivity contribution >= 4 is 88.7 Å². The van der Waals surface area contributed by atoms with E-state index in [9.17, 15) is 87.5 Å². The fraction of sp³-hybridized carbons (Fsp3) is 0.634. The van der Waals surface area contributed by atoms with Gasteiger partial charge in [-0.25, -0.2) is 0 Å². The summed E-state index contributed by atoms with van der Waals surface area (Å²) in [5, 5.41) is 59.2. The summed E-state index contributed by atoms with van der Waals surface area (Å²) in [4.78, 5) is 182. The Bertz CT molecular complexity index is 2160. The summed E-state index contributed by atoms with van der Waals surface area (Å²) in [5.74, 6) is -16.8. The maximum Gasteiger partial charge on any atom is 0.325 e. The van der Waals surface area contributed by atoms with Gasteiger partial charge in [0, 0.05) is 19.4 Å². The highest BCUT2D eigenvalue weighted by Crippen LogP contribution is 2.07. The van der Waals surface area contributed by atoms with Gasteiger partial charge in [-0.05, 0) is 53.4 Å². The zero-order valence-electron chi connectivity index (χ0n) is 42.0. The monoisotopic (exact) mass is 1090 g/mol. The van der Waals surface area contributed by atoms with Crippen molar-refractivity contribution in [2.45, 2.75) is 152 Å². The SMILES string of the molecule is C[C@H](NC(=O)[C@H](CCCN=C(N)N)NC(=O)[C@H](CC(N)=O)NC(=O)[C@H](CC(N)=O)NC(=O)[C@@H](NC(=O)[C@H](C)NC(=O)[C@H](CCC(N)=O)NC(=O)[C@@H](NC(=O)[C@H](CO)NC(=O)[C@@H](N)CCC(N)=O)[C@@H](C)O)[C@@H](C)O)C(=O)O. The number of amides is 13. The third-order valence-corrected chi connectivity index (χ3v) is 10.4. The fourth-order valence-electron chi connectivity index (χ4n) is 6.22. The van der Waals surface area contributed by atoms with E-state index in [2.05, 4.69) is 52.8 Å². The van der Waals surface area contributed by atoms with Crippen molar-refractivity contribution in [3.05, 3.63) is 0 Å². The number of rotatable bonds is 36. The van der Waals surface area contributed by atoms with E-state index in [0.717, 1.165) is 27.7 Å². The first kappa shape index (κ1) is 67.7. The molecule has 0 heterocycles. The van der Waals surface area contributed by atoms with Crippen LogP contribution in [0.1, 0.15) is 79.1 Å². The third-order valence-electron chi connectivity index (χ3n) is 10.4. The first-order valence-corrected chi connectivity index (χ1v) is 23.1. The number of nitrogens with one attached hydrogen (secondary N) is 9. The van der Waals surface area contributed by atoms with Crippen molar-refractivity contribution < 1.29 is 87.5 Å². The summed E-state index contributed by atoms with van der Waals surface area (Å²) in [6.45, 7) is 3.11. The van der Waals surface area contributed by atoms with Gasteiger partial charge in [0.15, 0.2) is 5.96 Å². The summed E-state index contributed by atoms with van der Waals surface area (Å²) >= 11 is 0. The molecule has 76 heavy (non-hydrogen) atoms. The van der Waals surface area contributed by atoms with Crippen LogP contribution in [-0.2, 0) is 67.1 Å². The molecule has 0 rings (SSSR count). The molecule has 27 N–H and O–H groups in total. The lowest BCUT2D eigenvalue weighted by Gasteiger charge is -2.28. The molecule has 0 fully saturated rings. The molecule has 428 valence electrons. The second-order valence-electron chi connectivity index (χ2n) is 17.1. The number of carbonyl (C=O) groups excluding carboxylic acids is 13. The minimum Gasteiger partial charge on any atom is -0.480 e. The molecule has 0 bridgehead atoms. The summed E-state index contributed by atoms with van der Waals surface area (Å²) in [6, 6.07) is -17.4. The molecule has 35 nitrogen and oxygen atoms in total. The van der Waals surface area contributed by atoms with Crippen LogP contribution in [-0.4, -0.2) is 195 Å². The Morgan fingerprint density at radius 2 is 0.803 bits per heavy atom. The third kappa shape index (κ3) is 26.1. The number of carboxylic acid groups (broad SMARTS) is 1. The van der Waals surface area contributed by atoms with Gasteiger partial charge >= 0.3 is 5.97 Å². The van der Waals surface area contributed by atoms with Crippen LogP contribution in [0.15, 0.2) is 4.99 Å². The van der Waals surface area contributed by atoms with Gasteiger partial charge < -0.3 is 108 Å². The Kier molecular flexibility index (Phi) is 29.8. The maximum absolute atomic E-state index is 13.6. The lowest BCUT2D eigenvalue weighted by atomic mass is 10.1. The van der Waals surface area contributed by atoms with Crippen molar-refractivity contribution in [3.8, 4) is 0 Å². The highest BCUT2D eigenvalue weighted by Gasteiger charge is 2.37.